The Labute approximate surface area is 127 Å². The Balaban J connectivity index is 2.18. The molecule has 21 heavy (non-hydrogen) atoms. The van der Waals surface area contributed by atoms with Crippen LogP contribution in [0, 0.1) is 0 Å². The molecule has 0 N–H and O–H groups in total. The summed E-state index contributed by atoms with van der Waals surface area (Å²) >= 11 is 5.99. The molecule has 1 aromatic carbocycles. The van der Waals surface area contributed by atoms with Gasteiger partial charge in [-0.1, -0.05) is 6.07 Å². The van der Waals surface area contributed by atoms with E-state index in [1.165, 1.54) is 0 Å². The molecule has 0 radical (unpaired) electrons. The van der Waals surface area contributed by atoms with E-state index >= 15 is 0 Å². The molecule has 0 saturated heterocycles. The molecule has 0 saturated carbocycles. The number of ether oxygens (including phenoxy) is 1. The molecule has 3 rings (SSSR count). The van der Waals surface area contributed by atoms with Crippen LogP contribution in [0.15, 0.2) is 48.8 Å². The molecule has 0 atom stereocenters. The van der Waals surface area contributed by atoms with Crippen LogP contribution in [-0.2, 0) is 5.88 Å². The molecular formula is C15H13ClN4O. The van der Waals surface area contributed by atoms with Gasteiger partial charge in [-0.05, 0) is 24.3 Å². The predicted octanol–water partition coefficient (Wildman–Crippen LogP) is 3.08. The summed E-state index contributed by atoms with van der Waals surface area (Å²) in [4.78, 5) is 4.02. The zero-order valence-corrected chi connectivity index (χ0v) is 12.2. The smallest absolute Gasteiger partial charge is 0.168 e. The minimum atomic E-state index is 0.273. The first-order chi connectivity index (χ1) is 10.3. The van der Waals surface area contributed by atoms with Crippen molar-refractivity contribution in [2.24, 2.45) is 0 Å². The number of alkyl halides is 1. The van der Waals surface area contributed by atoms with Crippen molar-refractivity contribution in [3.05, 3.63) is 54.6 Å². The minimum Gasteiger partial charge on any atom is -0.497 e. The maximum absolute atomic E-state index is 5.99. The van der Waals surface area contributed by atoms with Gasteiger partial charge in [-0.15, -0.1) is 21.8 Å². The SMILES string of the molecule is COc1cccc(-n2c(CCl)nnc2-c2ccncc2)c1. The van der Waals surface area contributed by atoms with Crippen LogP contribution in [0.2, 0.25) is 0 Å². The zero-order valence-electron chi connectivity index (χ0n) is 11.4. The van der Waals surface area contributed by atoms with Crippen LogP contribution in [0.5, 0.6) is 5.75 Å². The molecule has 0 unspecified atom stereocenters. The van der Waals surface area contributed by atoms with E-state index in [-0.39, 0.29) is 5.88 Å². The van der Waals surface area contributed by atoms with E-state index in [0.29, 0.717) is 5.82 Å². The first kappa shape index (κ1) is 13.6. The fourth-order valence-corrected chi connectivity index (χ4v) is 2.28. The fourth-order valence-electron chi connectivity index (χ4n) is 2.11. The van der Waals surface area contributed by atoms with E-state index in [1.54, 1.807) is 19.5 Å². The maximum atomic E-state index is 5.99. The minimum absolute atomic E-state index is 0.273. The number of nitrogens with zero attached hydrogens (tertiary/aromatic N) is 4. The molecule has 6 heteroatoms. The lowest BCUT2D eigenvalue weighted by Gasteiger charge is -2.10. The Morgan fingerprint density at radius 1 is 1.14 bits per heavy atom. The number of methoxy groups -OCH3 is 1. The van der Waals surface area contributed by atoms with Crippen molar-refractivity contribution in [2.45, 2.75) is 5.88 Å². The third-order valence-corrected chi connectivity index (χ3v) is 3.34. The molecule has 0 aliphatic heterocycles. The van der Waals surface area contributed by atoms with E-state index in [4.69, 9.17) is 16.3 Å². The molecule has 3 aromatic rings. The highest BCUT2D eigenvalue weighted by atomic mass is 35.5. The quantitative estimate of drug-likeness (QED) is 0.695. The number of halogens is 1. The van der Waals surface area contributed by atoms with Crippen molar-refractivity contribution < 1.29 is 4.74 Å². The Hall–Kier alpha value is -2.40. The molecule has 5 nitrogen and oxygen atoms in total. The highest BCUT2D eigenvalue weighted by Gasteiger charge is 2.15. The lowest BCUT2D eigenvalue weighted by atomic mass is 10.2. The molecule has 0 aliphatic carbocycles. The second kappa shape index (κ2) is 5.93. The van der Waals surface area contributed by atoms with Crippen LogP contribution >= 0.6 is 11.6 Å². The zero-order chi connectivity index (χ0) is 14.7. The number of benzene rings is 1. The van der Waals surface area contributed by atoms with Gasteiger partial charge in [0.05, 0.1) is 18.7 Å². The van der Waals surface area contributed by atoms with Gasteiger partial charge in [0.15, 0.2) is 11.6 Å². The Bertz CT molecular complexity index is 742. The van der Waals surface area contributed by atoms with Crippen LogP contribution in [0.3, 0.4) is 0 Å². The van der Waals surface area contributed by atoms with Gasteiger partial charge in [-0.2, -0.15) is 0 Å². The van der Waals surface area contributed by atoms with Crippen molar-refractivity contribution in [3.8, 4) is 22.8 Å². The van der Waals surface area contributed by atoms with Crippen LogP contribution in [0.4, 0.5) is 0 Å². The van der Waals surface area contributed by atoms with Gasteiger partial charge < -0.3 is 4.74 Å². The van der Waals surface area contributed by atoms with Gasteiger partial charge in [-0.3, -0.25) is 9.55 Å². The molecular weight excluding hydrogens is 288 g/mol. The van der Waals surface area contributed by atoms with E-state index in [2.05, 4.69) is 15.2 Å². The van der Waals surface area contributed by atoms with Gasteiger partial charge >= 0.3 is 0 Å². The monoisotopic (exact) mass is 300 g/mol. The summed E-state index contributed by atoms with van der Waals surface area (Å²) in [6.45, 7) is 0. The van der Waals surface area contributed by atoms with Crippen LogP contribution < -0.4 is 4.74 Å². The molecule has 0 spiro atoms. The molecule has 0 amide bonds. The highest BCUT2D eigenvalue weighted by molar-refractivity contribution is 6.16. The topological polar surface area (TPSA) is 52.8 Å². The van der Waals surface area contributed by atoms with Crippen molar-refractivity contribution in [1.82, 2.24) is 19.7 Å². The number of hydrogen-bond donors (Lipinski definition) is 0. The average molecular weight is 301 g/mol. The Kier molecular flexibility index (Phi) is 3.83. The third kappa shape index (κ3) is 2.60. The van der Waals surface area contributed by atoms with Gasteiger partial charge in [-0.25, -0.2) is 0 Å². The van der Waals surface area contributed by atoms with Crippen molar-refractivity contribution in [3.63, 3.8) is 0 Å². The average Bonchev–Trinajstić information content (AvgIpc) is 2.99. The highest BCUT2D eigenvalue weighted by Crippen LogP contribution is 2.25. The lowest BCUT2D eigenvalue weighted by molar-refractivity contribution is 0.414. The van der Waals surface area contributed by atoms with Gasteiger partial charge in [0, 0.05) is 24.0 Å². The summed E-state index contributed by atoms with van der Waals surface area (Å²) in [5.41, 5.74) is 1.83. The second-order valence-corrected chi connectivity index (χ2v) is 4.61. The van der Waals surface area contributed by atoms with E-state index in [9.17, 15) is 0 Å². The maximum Gasteiger partial charge on any atom is 0.168 e. The number of hydrogen-bond acceptors (Lipinski definition) is 4. The van der Waals surface area contributed by atoms with Crippen molar-refractivity contribution in [2.75, 3.05) is 7.11 Å². The summed E-state index contributed by atoms with van der Waals surface area (Å²) in [5, 5.41) is 8.41. The number of aromatic nitrogens is 4. The number of pyridine rings is 1. The molecule has 2 aromatic heterocycles. The van der Waals surface area contributed by atoms with Crippen LogP contribution in [0.25, 0.3) is 17.1 Å². The van der Waals surface area contributed by atoms with Gasteiger partial charge in [0.25, 0.3) is 0 Å². The summed E-state index contributed by atoms with van der Waals surface area (Å²) in [5.74, 6) is 2.44. The standard InChI is InChI=1S/C15H13ClN4O/c1-21-13-4-2-3-12(9-13)20-14(10-16)18-19-15(20)11-5-7-17-8-6-11/h2-9H,10H2,1H3. The van der Waals surface area contributed by atoms with Crippen LogP contribution in [0.1, 0.15) is 5.82 Å². The Morgan fingerprint density at radius 2 is 1.95 bits per heavy atom. The van der Waals surface area contributed by atoms with E-state index in [1.807, 2.05) is 41.0 Å². The number of rotatable bonds is 4. The summed E-state index contributed by atoms with van der Waals surface area (Å²) < 4.78 is 7.20. The normalized spacial score (nSPS) is 10.6. The molecule has 0 aliphatic rings. The van der Waals surface area contributed by atoms with Crippen molar-refractivity contribution in [1.29, 1.82) is 0 Å². The van der Waals surface area contributed by atoms with Crippen LogP contribution in [-0.4, -0.2) is 26.9 Å². The summed E-state index contributed by atoms with van der Waals surface area (Å²) in [7, 11) is 1.64. The molecule has 0 bridgehead atoms. The third-order valence-electron chi connectivity index (χ3n) is 3.10. The van der Waals surface area contributed by atoms with E-state index in [0.717, 1.165) is 22.8 Å². The summed E-state index contributed by atoms with van der Waals surface area (Å²) in [6.07, 6.45) is 3.45. The van der Waals surface area contributed by atoms with E-state index < -0.39 is 0 Å². The van der Waals surface area contributed by atoms with Crippen molar-refractivity contribution >= 4 is 11.6 Å². The lowest BCUT2D eigenvalue weighted by Crippen LogP contribution is -2.02. The molecule has 0 fully saturated rings. The van der Waals surface area contributed by atoms with Gasteiger partial charge in [0.2, 0.25) is 0 Å². The second-order valence-electron chi connectivity index (χ2n) is 4.35. The largest absolute Gasteiger partial charge is 0.497 e. The first-order valence-corrected chi connectivity index (χ1v) is 6.92. The summed E-state index contributed by atoms with van der Waals surface area (Å²) in [6, 6.07) is 11.5. The van der Waals surface area contributed by atoms with Gasteiger partial charge in [0.1, 0.15) is 5.75 Å². The molecule has 2 heterocycles. The fraction of sp³-hybridized carbons (Fsp3) is 0.133. The molecule has 106 valence electrons. The first-order valence-electron chi connectivity index (χ1n) is 6.38. The Morgan fingerprint density at radius 3 is 2.67 bits per heavy atom. The predicted molar refractivity (Wildman–Crippen MR) is 80.7 cm³/mol.